The number of hydrogen-bond acceptors (Lipinski definition) is 6. The molecule has 0 spiro atoms. The molecule has 2 rings (SSSR count). The Morgan fingerprint density at radius 3 is 2.30 bits per heavy atom. The van der Waals surface area contributed by atoms with Gasteiger partial charge < -0.3 is 10.2 Å². The van der Waals surface area contributed by atoms with E-state index in [1.54, 1.807) is 0 Å². The van der Waals surface area contributed by atoms with Crippen LogP contribution < -0.4 is 0 Å². The Bertz CT molecular complexity index is 899. The molecule has 0 saturated carbocycles. The van der Waals surface area contributed by atoms with Crippen molar-refractivity contribution in [3.63, 3.8) is 0 Å². The summed E-state index contributed by atoms with van der Waals surface area (Å²) in [5.74, 6) is -3.88. The van der Waals surface area contributed by atoms with Gasteiger partial charge in [-0.1, -0.05) is 11.6 Å². The highest BCUT2D eigenvalue weighted by Crippen LogP contribution is 2.18. The fraction of sp³-hybridized carbons (Fsp3) is 0. The van der Waals surface area contributed by atoms with Crippen LogP contribution in [0, 0.1) is 0 Å². The molecule has 1 heterocycles. The number of carboxylic acids is 1. The third-order valence-corrected chi connectivity index (χ3v) is 4.48. The Morgan fingerprint density at radius 1 is 1.13 bits per heavy atom. The van der Waals surface area contributed by atoms with Crippen LogP contribution in [0.2, 0.25) is 5.02 Å². The van der Waals surface area contributed by atoms with Crippen molar-refractivity contribution in [1.29, 1.82) is 0 Å². The highest BCUT2D eigenvalue weighted by atomic mass is 35.5. The normalized spacial score (nSPS) is 12.1. The number of aromatic nitrogens is 2. The summed E-state index contributed by atoms with van der Waals surface area (Å²) in [6.45, 7) is 0. The summed E-state index contributed by atoms with van der Waals surface area (Å²) in [6, 6.07) is 6.46. The largest absolute Gasteiger partial charge is 0.505 e. The van der Waals surface area contributed by atoms with Crippen molar-refractivity contribution in [1.82, 2.24) is 9.19 Å². The van der Waals surface area contributed by atoms with Crippen LogP contribution in [0.1, 0.15) is 5.69 Å². The van der Waals surface area contributed by atoms with E-state index in [0.29, 0.717) is 15.2 Å². The van der Waals surface area contributed by atoms with Crippen LogP contribution in [-0.2, 0) is 19.6 Å². The fourth-order valence-electron chi connectivity index (χ4n) is 1.55. The van der Waals surface area contributed by atoms with Crippen molar-refractivity contribution in [2.45, 2.75) is 4.90 Å². The van der Waals surface area contributed by atoms with E-state index in [1.807, 2.05) is 0 Å². The monoisotopic (exact) mass is 356 g/mol. The zero-order chi connectivity index (χ0) is 17.2. The average molecular weight is 357 g/mol. The van der Waals surface area contributed by atoms with Gasteiger partial charge in [-0.15, -0.1) is 0 Å². The number of hydrogen-bond donors (Lipinski definition) is 2. The summed E-state index contributed by atoms with van der Waals surface area (Å²) >= 11 is 5.69. The van der Waals surface area contributed by atoms with Gasteiger partial charge in [0.15, 0.2) is 0 Å². The second-order valence-electron chi connectivity index (χ2n) is 4.23. The maximum atomic E-state index is 12.3. The third-order valence-electron chi connectivity index (χ3n) is 2.67. The summed E-state index contributed by atoms with van der Waals surface area (Å²) in [7, 11) is -4.01. The molecule has 2 aromatic rings. The first-order valence-corrected chi connectivity index (χ1v) is 7.79. The Kier molecular flexibility index (Phi) is 4.52. The minimum absolute atomic E-state index is 0.0818. The van der Waals surface area contributed by atoms with Gasteiger partial charge in [0.25, 0.3) is 15.8 Å². The van der Waals surface area contributed by atoms with Crippen molar-refractivity contribution in [2.24, 2.45) is 0 Å². The topological polar surface area (TPSA) is 127 Å². The zero-order valence-corrected chi connectivity index (χ0v) is 12.8. The van der Waals surface area contributed by atoms with Gasteiger partial charge in [-0.3, -0.25) is 4.79 Å². The van der Waals surface area contributed by atoms with Gasteiger partial charge >= 0.3 is 5.97 Å². The smallest absolute Gasteiger partial charge is 0.376 e. The Morgan fingerprint density at radius 2 is 1.74 bits per heavy atom. The second-order valence-corrected chi connectivity index (χ2v) is 6.46. The van der Waals surface area contributed by atoms with Crippen LogP contribution >= 0.6 is 11.6 Å². The minimum Gasteiger partial charge on any atom is -0.505 e. The summed E-state index contributed by atoms with van der Waals surface area (Å²) < 4.78 is 25.2. The van der Waals surface area contributed by atoms with E-state index in [1.165, 1.54) is 24.3 Å². The van der Waals surface area contributed by atoms with E-state index in [-0.39, 0.29) is 10.6 Å². The lowest BCUT2D eigenvalue weighted by Gasteiger charge is -2.04. The SMILES string of the molecule is O=C(O)C(=O)C=C(O)c1ccn(S(=O)(=O)c2ccc(Cl)cc2)n1. The second kappa shape index (κ2) is 6.23. The van der Waals surface area contributed by atoms with E-state index < -0.39 is 27.5 Å². The van der Waals surface area contributed by atoms with Crippen LogP contribution in [0.15, 0.2) is 47.5 Å². The molecule has 0 fully saturated rings. The van der Waals surface area contributed by atoms with Crippen molar-refractivity contribution in [3.05, 3.63) is 53.3 Å². The Hall–Kier alpha value is -2.65. The minimum atomic E-state index is -4.01. The summed E-state index contributed by atoms with van der Waals surface area (Å²) in [5, 5.41) is 22.0. The lowest BCUT2D eigenvalue weighted by atomic mass is 10.3. The van der Waals surface area contributed by atoms with Gasteiger partial charge in [-0.2, -0.15) is 17.6 Å². The molecule has 0 radical (unpaired) electrons. The van der Waals surface area contributed by atoms with Gasteiger partial charge in [0, 0.05) is 17.3 Å². The van der Waals surface area contributed by atoms with Crippen molar-refractivity contribution >= 4 is 39.1 Å². The molecule has 0 saturated heterocycles. The van der Waals surface area contributed by atoms with Crippen LogP contribution in [0.25, 0.3) is 5.76 Å². The number of benzene rings is 1. The van der Waals surface area contributed by atoms with E-state index in [9.17, 15) is 23.1 Å². The molecular weight excluding hydrogens is 348 g/mol. The number of carbonyl (C=O) groups excluding carboxylic acids is 1. The molecule has 2 N–H and O–H groups in total. The zero-order valence-electron chi connectivity index (χ0n) is 11.2. The standard InChI is InChI=1S/C13H9ClN2O6S/c14-8-1-3-9(4-2-8)23(21,22)16-6-5-10(15-16)11(17)7-12(18)13(19)20/h1-7,17H,(H,19,20). The molecule has 0 aliphatic heterocycles. The summed E-state index contributed by atoms with van der Waals surface area (Å²) in [4.78, 5) is 21.3. The molecule has 0 aliphatic rings. The number of nitrogens with zero attached hydrogens (tertiary/aromatic N) is 2. The van der Waals surface area contributed by atoms with E-state index >= 15 is 0 Å². The molecule has 0 aliphatic carbocycles. The molecule has 0 bridgehead atoms. The number of aliphatic carboxylic acids is 1. The van der Waals surface area contributed by atoms with E-state index in [4.69, 9.17) is 16.7 Å². The number of halogens is 1. The lowest BCUT2D eigenvalue weighted by molar-refractivity contribution is -0.146. The van der Waals surface area contributed by atoms with Crippen molar-refractivity contribution in [2.75, 3.05) is 0 Å². The van der Waals surface area contributed by atoms with Gasteiger partial charge in [0.1, 0.15) is 11.5 Å². The average Bonchev–Trinajstić information content (AvgIpc) is 2.98. The Balaban J connectivity index is 2.37. The predicted octanol–water partition coefficient (Wildman–Crippen LogP) is 1.33. The number of rotatable bonds is 5. The maximum absolute atomic E-state index is 12.3. The maximum Gasteiger partial charge on any atom is 0.376 e. The molecule has 1 aromatic carbocycles. The molecule has 0 amide bonds. The highest BCUT2D eigenvalue weighted by Gasteiger charge is 2.19. The van der Waals surface area contributed by atoms with Crippen LogP contribution in [-0.4, -0.2) is 39.6 Å². The van der Waals surface area contributed by atoms with Gasteiger partial charge in [0.05, 0.1) is 4.90 Å². The number of aliphatic hydroxyl groups excluding tert-OH is 1. The predicted molar refractivity (Wildman–Crippen MR) is 79.5 cm³/mol. The fourth-order valence-corrected chi connectivity index (χ4v) is 2.79. The molecule has 10 heteroatoms. The first kappa shape index (κ1) is 16.7. The Labute approximate surface area is 135 Å². The number of carboxylic acid groups (broad SMARTS) is 1. The number of aliphatic hydroxyl groups is 1. The molecule has 8 nitrogen and oxygen atoms in total. The molecule has 120 valence electrons. The number of carbonyl (C=O) groups is 2. The van der Waals surface area contributed by atoms with Crippen molar-refractivity contribution in [3.8, 4) is 0 Å². The lowest BCUT2D eigenvalue weighted by Crippen LogP contribution is -2.14. The van der Waals surface area contributed by atoms with Gasteiger partial charge in [-0.25, -0.2) is 4.79 Å². The third kappa shape index (κ3) is 3.58. The van der Waals surface area contributed by atoms with Crippen molar-refractivity contribution < 1.29 is 28.2 Å². The molecule has 0 atom stereocenters. The highest BCUT2D eigenvalue weighted by molar-refractivity contribution is 7.89. The summed E-state index contributed by atoms with van der Waals surface area (Å²) in [5.41, 5.74) is -0.267. The van der Waals surface area contributed by atoms with Gasteiger partial charge in [0.2, 0.25) is 0 Å². The molecule has 23 heavy (non-hydrogen) atoms. The van der Waals surface area contributed by atoms with E-state index in [0.717, 1.165) is 12.3 Å². The molecule has 1 aromatic heterocycles. The molecule has 0 unspecified atom stereocenters. The van der Waals surface area contributed by atoms with E-state index in [2.05, 4.69) is 5.10 Å². The van der Waals surface area contributed by atoms with Crippen LogP contribution in [0.3, 0.4) is 0 Å². The van der Waals surface area contributed by atoms with Crippen LogP contribution in [0.4, 0.5) is 0 Å². The first-order chi connectivity index (χ1) is 10.7. The number of ketones is 1. The van der Waals surface area contributed by atoms with Crippen LogP contribution in [0.5, 0.6) is 0 Å². The quantitative estimate of drug-likeness (QED) is 0.470. The first-order valence-electron chi connectivity index (χ1n) is 5.97. The molecular formula is C13H9ClN2O6S. The summed E-state index contributed by atoms with van der Waals surface area (Å²) in [6.07, 6.45) is 1.48. The van der Waals surface area contributed by atoms with Gasteiger partial charge in [-0.05, 0) is 30.3 Å².